The molecule has 3 N–H and O–H groups in total. The van der Waals surface area contributed by atoms with Gasteiger partial charge in [0.15, 0.2) is 0 Å². The molecule has 0 bridgehead atoms. The molecule has 2 aliphatic rings. The average molecular weight is 454 g/mol. The first-order valence-electron chi connectivity index (χ1n) is 12.0. The second-order valence-electron chi connectivity index (χ2n) is 9.66. The van der Waals surface area contributed by atoms with E-state index in [4.69, 9.17) is 5.41 Å². The standard InChI is InChI=1S/C29H31N3O2/c1-18-5-3-4-6-25(18)28(21-9-10-21)31-29(34)22-8-7-19(2)26(15-22)27(30)20-11-13-23(14-12-20)32-16-24(33)17-32/h3-8,11-15,21,24,28,30,33H,9-10,16-17H2,1-2H3,(H,31,34). The Kier molecular flexibility index (Phi) is 5.96. The van der Waals surface area contributed by atoms with Crippen molar-refractivity contribution in [3.8, 4) is 0 Å². The maximum absolute atomic E-state index is 13.3. The Morgan fingerprint density at radius 3 is 2.29 bits per heavy atom. The SMILES string of the molecule is Cc1ccc(C(=O)NC(c2ccccc2C)C2CC2)cc1C(=N)c1ccc(N2CC(O)C2)cc1. The van der Waals surface area contributed by atoms with Crippen molar-refractivity contribution in [2.45, 2.75) is 38.8 Å². The van der Waals surface area contributed by atoms with Crippen molar-refractivity contribution < 1.29 is 9.90 Å². The minimum absolute atomic E-state index is 0.0190. The van der Waals surface area contributed by atoms with E-state index in [0.29, 0.717) is 30.3 Å². The summed E-state index contributed by atoms with van der Waals surface area (Å²) in [4.78, 5) is 15.4. The van der Waals surface area contributed by atoms with Crippen molar-refractivity contribution in [3.63, 3.8) is 0 Å². The van der Waals surface area contributed by atoms with Crippen LogP contribution in [0, 0.1) is 25.2 Å². The Morgan fingerprint density at radius 1 is 0.971 bits per heavy atom. The van der Waals surface area contributed by atoms with E-state index in [2.05, 4.69) is 29.3 Å². The molecular formula is C29H31N3O2. The van der Waals surface area contributed by atoms with Gasteiger partial charge in [0.25, 0.3) is 5.91 Å². The number of rotatable bonds is 7. The summed E-state index contributed by atoms with van der Waals surface area (Å²) < 4.78 is 0. The van der Waals surface area contributed by atoms with Crippen LogP contribution in [0.1, 0.15) is 57.1 Å². The number of benzene rings is 3. The normalized spacial score (nSPS) is 16.6. The van der Waals surface area contributed by atoms with Gasteiger partial charge >= 0.3 is 0 Å². The van der Waals surface area contributed by atoms with Crippen molar-refractivity contribution >= 4 is 17.3 Å². The second kappa shape index (κ2) is 9.07. The number of nitrogens with one attached hydrogen (secondary N) is 2. The number of carbonyl (C=O) groups is 1. The molecule has 1 aliphatic carbocycles. The van der Waals surface area contributed by atoms with E-state index in [-0.39, 0.29) is 18.1 Å². The van der Waals surface area contributed by atoms with E-state index in [9.17, 15) is 9.90 Å². The highest BCUT2D eigenvalue weighted by Gasteiger charge is 2.34. The lowest BCUT2D eigenvalue weighted by Crippen LogP contribution is -2.50. The van der Waals surface area contributed by atoms with Crippen LogP contribution < -0.4 is 10.2 Å². The molecule has 1 heterocycles. The number of amides is 1. The molecule has 1 unspecified atom stereocenters. The maximum atomic E-state index is 13.3. The van der Waals surface area contributed by atoms with E-state index < -0.39 is 0 Å². The fourth-order valence-corrected chi connectivity index (χ4v) is 4.73. The lowest BCUT2D eigenvalue weighted by atomic mass is 9.94. The summed E-state index contributed by atoms with van der Waals surface area (Å²) >= 11 is 0. The van der Waals surface area contributed by atoms with E-state index in [1.54, 1.807) is 0 Å². The smallest absolute Gasteiger partial charge is 0.251 e. The van der Waals surface area contributed by atoms with Gasteiger partial charge in [-0.2, -0.15) is 0 Å². The Hall–Kier alpha value is -3.44. The summed E-state index contributed by atoms with van der Waals surface area (Å²) in [7, 11) is 0. The van der Waals surface area contributed by atoms with Gasteiger partial charge in [0.2, 0.25) is 0 Å². The molecule has 1 atom stereocenters. The number of hydrogen-bond acceptors (Lipinski definition) is 4. The fraction of sp³-hybridized carbons (Fsp3) is 0.310. The van der Waals surface area contributed by atoms with Gasteiger partial charge in [-0.05, 0) is 73.6 Å². The number of aliphatic hydroxyl groups is 1. The quantitative estimate of drug-likeness (QED) is 0.451. The topological polar surface area (TPSA) is 76.4 Å². The second-order valence-corrected chi connectivity index (χ2v) is 9.66. The van der Waals surface area contributed by atoms with Crippen molar-refractivity contribution in [2.24, 2.45) is 5.92 Å². The molecule has 34 heavy (non-hydrogen) atoms. The zero-order valence-electron chi connectivity index (χ0n) is 19.7. The van der Waals surface area contributed by atoms with E-state index >= 15 is 0 Å². The largest absolute Gasteiger partial charge is 0.389 e. The van der Waals surface area contributed by atoms with Gasteiger partial charge < -0.3 is 15.3 Å². The van der Waals surface area contributed by atoms with Gasteiger partial charge in [0.1, 0.15) is 0 Å². The van der Waals surface area contributed by atoms with Gasteiger partial charge in [-0.25, -0.2) is 0 Å². The van der Waals surface area contributed by atoms with Crippen LogP contribution in [0.2, 0.25) is 0 Å². The number of carbonyl (C=O) groups excluding carboxylic acids is 1. The summed E-state index contributed by atoms with van der Waals surface area (Å²) in [5.41, 5.74) is 6.95. The number of anilines is 1. The lowest BCUT2D eigenvalue weighted by molar-refractivity contribution is 0.0931. The molecule has 1 aliphatic heterocycles. The van der Waals surface area contributed by atoms with Crippen molar-refractivity contribution in [1.29, 1.82) is 5.41 Å². The molecule has 3 aromatic carbocycles. The lowest BCUT2D eigenvalue weighted by Gasteiger charge is -2.37. The Morgan fingerprint density at radius 2 is 1.65 bits per heavy atom. The van der Waals surface area contributed by atoms with Gasteiger partial charge in [-0.1, -0.05) is 42.5 Å². The summed E-state index contributed by atoms with van der Waals surface area (Å²) in [6, 6.07) is 21.8. The highest BCUT2D eigenvalue weighted by Crippen LogP contribution is 2.42. The minimum atomic E-state index is -0.250. The maximum Gasteiger partial charge on any atom is 0.251 e. The molecule has 5 nitrogen and oxygen atoms in total. The van der Waals surface area contributed by atoms with Crippen molar-refractivity contribution in [2.75, 3.05) is 18.0 Å². The molecular weight excluding hydrogens is 422 g/mol. The molecule has 3 aromatic rings. The van der Waals surface area contributed by atoms with Gasteiger partial charge in [-0.3, -0.25) is 10.2 Å². The fourth-order valence-electron chi connectivity index (χ4n) is 4.73. The third kappa shape index (κ3) is 4.48. The number of β-amino-alcohol motifs (C(OH)–C–C–N with tert-alkyl or cyclic N) is 1. The van der Waals surface area contributed by atoms with Gasteiger partial charge in [0, 0.05) is 35.5 Å². The zero-order chi connectivity index (χ0) is 23.8. The Balaban J connectivity index is 1.35. The average Bonchev–Trinajstić information content (AvgIpc) is 3.66. The number of nitrogens with zero attached hydrogens (tertiary/aromatic N) is 1. The zero-order valence-corrected chi connectivity index (χ0v) is 19.7. The molecule has 0 radical (unpaired) electrons. The number of aryl methyl sites for hydroxylation is 2. The molecule has 1 amide bonds. The molecule has 1 saturated carbocycles. The van der Waals surface area contributed by atoms with Crippen LogP contribution in [-0.2, 0) is 0 Å². The molecule has 1 saturated heterocycles. The van der Waals surface area contributed by atoms with Crippen LogP contribution >= 0.6 is 0 Å². The third-order valence-electron chi connectivity index (χ3n) is 7.06. The highest BCUT2D eigenvalue weighted by molar-refractivity contribution is 6.13. The number of aliphatic hydroxyl groups excluding tert-OH is 1. The monoisotopic (exact) mass is 453 g/mol. The van der Waals surface area contributed by atoms with Crippen LogP contribution in [0.4, 0.5) is 5.69 Å². The molecule has 5 rings (SSSR count). The van der Waals surface area contributed by atoms with Gasteiger partial charge in [0.05, 0.1) is 17.9 Å². The Bertz CT molecular complexity index is 1220. The van der Waals surface area contributed by atoms with Crippen LogP contribution in [0.25, 0.3) is 0 Å². The van der Waals surface area contributed by atoms with E-state index in [1.165, 1.54) is 11.1 Å². The van der Waals surface area contributed by atoms with Gasteiger partial charge in [-0.15, -0.1) is 0 Å². The summed E-state index contributed by atoms with van der Waals surface area (Å²) in [6.45, 7) is 5.37. The van der Waals surface area contributed by atoms with Crippen LogP contribution in [0.3, 0.4) is 0 Å². The summed E-state index contributed by atoms with van der Waals surface area (Å²) in [5, 5.41) is 21.6. The highest BCUT2D eigenvalue weighted by atomic mass is 16.3. The molecule has 2 fully saturated rings. The third-order valence-corrected chi connectivity index (χ3v) is 7.06. The number of hydrogen-bond donors (Lipinski definition) is 3. The molecule has 5 heteroatoms. The first-order chi connectivity index (χ1) is 16.4. The van der Waals surface area contributed by atoms with Crippen LogP contribution in [0.5, 0.6) is 0 Å². The van der Waals surface area contributed by atoms with Crippen molar-refractivity contribution in [3.05, 3.63) is 100 Å². The predicted octanol–water partition coefficient (Wildman–Crippen LogP) is 4.78. The minimum Gasteiger partial charge on any atom is -0.389 e. The Labute approximate surface area is 200 Å². The predicted molar refractivity (Wildman–Crippen MR) is 136 cm³/mol. The molecule has 0 spiro atoms. The van der Waals surface area contributed by atoms with Crippen LogP contribution in [0.15, 0.2) is 66.7 Å². The molecule has 174 valence electrons. The summed E-state index contributed by atoms with van der Waals surface area (Å²) in [5.74, 6) is 0.389. The first-order valence-corrected chi connectivity index (χ1v) is 12.0. The van der Waals surface area contributed by atoms with Crippen LogP contribution in [-0.4, -0.2) is 35.9 Å². The molecule has 0 aromatic heterocycles. The van der Waals surface area contributed by atoms with E-state index in [0.717, 1.165) is 35.2 Å². The summed E-state index contributed by atoms with van der Waals surface area (Å²) in [6.07, 6.45) is 2.02. The van der Waals surface area contributed by atoms with E-state index in [1.807, 2.05) is 61.5 Å². The first kappa shape index (κ1) is 22.4. The van der Waals surface area contributed by atoms with Crippen molar-refractivity contribution in [1.82, 2.24) is 5.32 Å².